The smallest absolute Gasteiger partial charge is 0.136 e. The van der Waals surface area contributed by atoms with Crippen LogP contribution in [0.4, 0.5) is 0 Å². The molecule has 0 aromatic heterocycles. The Bertz CT molecular complexity index is 290. The third-order valence-electron chi connectivity index (χ3n) is 3.08. The standard InChI is InChI=1S/C12H16NO/c1-12(8-5-9-13-12)11(14)10-6-3-2-4-7-10/h2-4,6-7,11,13H,5,8-9H2,1H3/t11?,12-/m1/s1. The molecule has 1 saturated heterocycles. The molecule has 2 heteroatoms. The summed E-state index contributed by atoms with van der Waals surface area (Å²) in [5.41, 5.74) is 0.644. The average molecular weight is 190 g/mol. The van der Waals surface area contributed by atoms with Crippen LogP contribution in [0.15, 0.2) is 30.3 Å². The average Bonchev–Trinajstić information content (AvgIpc) is 2.67. The molecule has 1 unspecified atom stereocenters. The molecule has 1 fully saturated rings. The molecule has 75 valence electrons. The van der Waals surface area contributed by atoms with E-state index in [9.17, 15) is 5.11 Å². The van der Waals surface area contributed by atoms with Crippen LogP contribution in [0.25, 0.3) is 0 Å². The Kier molecular flexibility index (Phi) is 2.57. The van der Waals surface area contributed by atoms with Crippen molar-refractivity contribution in [2.24, 2.45) is 0 Å². The predicted octanol–water partition coefficient (Wildman–Crippen LogP) is 2.30. The Balaban J connectivity index is 2.19. The minimum atomic E-state index is -0.647. The lowest BCUT2D eigenvalue weighted by molar-refractivity contribution is 0.0157. The van der Waals surface area contributed by atoms with E-state index < -0.39 is 6.10 Å². The van der Waals surface area contributed by atoms with Gasteiger partial charge in [-0.3, -0.25) is 0 Å². The van der Waals surface area contributed by atoms with Crippen LogP contribution < -0.4 is 5.32 Å². The molecule has 1 N–H and O–H groups in total. The van der Waals surface area contributed by atoms with Crippen LogP contribution in [0.1, 0.15) is 31.4 Å². The quantitative estimate of drug-likeness (QED) is 0.762. The minimum Gasteiger partial charge on any atom is -0.309 e. The van der Waals surface area contributed by atoms with E-state index in [-0.39, 0.29) is 5.54 Å². The van der Waals surface area contributed by atoms with Gasteiger partial charge in [0.15, 0.2) is 0 Å². The van der Waals surface area contributed by atoms with Crippen LogP contribution in [0.3, 0.4) is 0 Å². The van der Waals surface area contributed by atoms with Gasteiger partial charge in [-0.05, 0) is 31.9 Å². The Morgan fingerprint density at radius 3 is 2.64 bits per heavy atom. The van der Waals surface area contributed by atoms with Gasteiger partial charge in [0.1, 0.15) is 6.10 Å². The summed E-state index contributed by atoms with van der Waals surface area (Å²) in [6, 6.07) is 9.64. The summed E-state index contributed by atoms with van der Waals surface area (Å²) in [4.78, 5) is 0. The molecular weight excluding hydrogens is 174 g/mol. The highest BCUT2D eigenvalue weighted by Gasteiger charge is 2.37. The maximum absolute atomic E-state index is 12.2. The van der Waals surface area contributed by atoms with Gasteiger partial charge in [0.2, 0.25) is 0 Å². The molecular formula is C12H16NO. The molecule has 0 saturated carbocycles. The molecule has 1 aromatic rings. The summed E-state index contributed by atoms with van der Waals surface area (Å²) in [5, 5.41) is 15.5. The van der Waals surface area contributed by atoms with Crippen molar-refractivity contribution in [3.05, 3.63) is 35.9 Å². The fourth-order valence-corrected chi connectivity index (χ4v) is 2.14. The molecule has 0 amide bonds. The highest BCUT2D eigenvalue weighted by molar-refractivity contribution is 5.21. The second kappa shape index (κ2) is 3.71. The van der Waals surface area contributed by atoms with Gasteiger partial charge in [-0.1, -0.05) is 30.3 Å². The van der Waals surface area contributed by atoms with E-state index in [4.69, 9.17) is 0 Å². The van der Waals surface area contributed by atoms with Crippen LogP contribution in [0, 0.1) is 0 Å². The summed E-state index contributed by atoms with van der Waals surface area (Å²) < 4.78 is 0. The third kappa shape index (κ3) is 1.68. The summed E-state index contributed by atoms with van der Waals surface area (Å²) in [6.07, 6.45) is 1.45. The van der Waals surface area contributed by atoms with Crippen molar-refractivity contribution >= 4 is 0 Å². The first kappa shape index (κ1) is 9.69. The van der Waals surface area contributed by atoms with E-state index in [1.54, 1.807) is 0 Å². The first-order chi connectivity index (χ1) is 6.72. The highest BCUT2D eigenvalue weighted by Crippen LogP contribution is 2.33. The van der Waals surface area contributed by atoms with Crippen molar-refractivity contribution in [3.63, 3.8) is 0 Å². The Hall–Kier alpha value is -0.860. The van der Waals surface area contributed by atoms with Crippen LogP contribution >= 0.6 is 0 Å². The molecule has 1 aliphatic rings. The zero-order valence-electron chi connectivity index (χ0n) is 8.49. The van der Waals surface area contributed by atoms with E-state index >= 15 is 0 Å². The van der Waals surface area contributed by atoms with Gasteiger partial charge in [0, 0.05) is 5.54 Å². The molecule has 0 spiro atoms. The summed E-state index contributed by atoms with van der Waals surface area (Å²) in [7, 11) is 0. The Morgan fingerprint density at radius 1 is 1.36 bits per heavy atom. The van der Waals surface area contributed by atoms with Gasteiger partial charge in [-0.15, -0.1) is 0 Å². The van der Waals surface area contributed by atoms with Gasteiger partial charge in [0.25, 0.3) is 0 Å². The predicted molar refractivity (Wildman–Crippen MR) is 55.5 cm³/mol. The lowest BCUT2D eigenvalue weighted by atomic mass is 9.88. The molecule has 1 aliphatic heterocycles. The second-order valence-electron chi connectivity index (χ2n) is 4.24. The summed E-state index contributed by atoms with van der Waals surface area (Å²) in [6.45, 7) is 3.01. The Morgan fingerprint density at radius 2 is 2.07 bits per heavy atom. The molecule has 2 nitrogen and oxygen atoms in total. The second-order valence-corrected chi connectivity index (χ2v) is 4.24. The van der Waals surface area contributed by atoms with Crippen LogP contribution in [-0.4, -0.2) is 12.1 Å². The highest BCUT2D eigenvalue weighted by atomic mass is 16.3. The molecule has 0 aliphatic carbocycles. The largest absolute Gasteiger partial charge is 0.309 e. The fourth-order valence-electron chi connectivity index (χ4n) is 2.14. The van der Waals surface area contributed by atoms with Crippen LogP contribution in [0.5, 0.6) is 0 Å². The molecule has 14 heavy (non-hydrogen) atoms. The van der Waals surface area contributed by atoms with Gasteiger partial charge in [-0.2, -0.15) is 0 Å². The zero-order valence-corrected chi connectivity index (χ0v) is 8.49. The van der Waals surface area contributed by atoms with Crippen molar-refractivity contribution < 1.29 is 5.11 Å². The van der Waals surface area contributed by atoms with Crippen molar-refractivity contribution in [2.75, 3.05) is 6.54 Å². The maximum atomic E-state index is 12.2. The van der Waals surface area contributed by atoms with Crippen molar-refractivity contribution in [1.82, 2.24) is 5.32 Å². The van der Waals surface area contributed by atoms with E-state index in [0.717, 1.165) is 24.9 Å². The van der Waals surface area contributed by atoms with Crippen LogP contribution in [0.2, 0.25) is 0 Å². The number of benzene rings is 1. The monoisotopic (exact) mass is 190 g/mol. The minimum absolute atomic E-state index is 0.249. The van der Waals surface area contributed by atoms with Gasteiger partial charge < -0.3 is 5.32 Å². The molecule has 1 heterocycles. The summed E-state index contributed by atoms with van der Waals surface area (Å²) in [5.74, 6) is 0. The molecule has 2 rings (SSSR count). The van der Waals surface area contributed by atoms with E-state index in [0.29, 0.717) is 0 Å². The number of hydrogen-bond acceptors (Lipinski definition) is 1. The van der Waals surface area contributed by atoms with Gasteiger partial charge >= 0.3 is 0 Å². The van der Waals surface area contributed by atoms with Crippen molar-refractivity contribution in [1.29, 1.82) is 0 Å². The van der Waals surface area contributed by atoms with Gasteiger partial charge in [-0.25, -0.2) is 5.11 Å². The number of nitrogens with one attached hydrogen (secondary N) is 1. The first-order valence-corrected chi connectivity index (χ1v) is 5.18. The molecule has 2 atom stereocenters. The third-order valence-corrected chi connectivity index (χ3v) is 3.08. The summed E-state index contributed by atoms with van der Waals surface area (Å²) >= 11 is 0. The van der Waals surface area contributed by atoms with Gasteiger partial charge in [0.05, 0.1) is 0 Å². The number of hydrogen-bond donors (Lipinski definition) is 1. The lowest BCUT2D eigenvalue weighted by Gasteiger charge is -2.29. The van der Waals surface area contributed by atoms with Crippen molar-refractivity contribution in [3.8, 4) is 0 Å². The van der Waals surface area contributed by atoms with E-state index in [1.165, 1.54) is 0 Å². The van der Waals surface area contributed by atoms with E-state index in [2.05, 4.69) is 5.32 Å². The van der Waals surface area contributed by atoms with Crippen LogP contribution in [-0.2, 0) is 5.11 Å². The molecule has 1 aromatic carbocycles. The SMILES string of the molecule is C[C@]1(C([O])c2ccccc2)CCCN1. The molecule has 1 radical (unpaired) electrons. The number of rotatable bonds is 2. The lowest BCUT2D eigenvalue weighted by Crippen LogP contribution is -2.41. The first-order valence-electron chi connectivity index (χ1n) is 5.18. The van der Waals surface area contributed by atoms with Crippen molar-refractivity contribution in [2.45, 2.75) is 31.4 Å². The topological polar surface area (TPSA) is 31.9 Å². The maximum Gasteiger partial charge on any atom is 0.136 e. The zero-order chi connectivity index (χ0) is 10.0. The van der Waals surface area contributed by atoms with E-state index in [1.807, 2.05) is 37.3 Å². The normalized spacial score (nSPS) is 29.0. The Labute approximate surface area is 85.0 Å². The fraction of sp³-hybridized carbons (Fsp3) is 0.500. The molecule has 0 bridgehead atoms.